The standard InChI is InChI=1S/C23H20O7/c1-4-26-23(25)18-8-7-15(29-18)12-28-22-20(24)16-10-13(2)14(3)11-19(16)30-21(22)17-6-5-9-27-17/h5-11H,4,12H2,1-3H3. The van der Waals surface area contributed by atoms with Crippen molar-refractivity contribution in [2.24, 2.45) is 0 Å². The maximum absolute atomic E-state index is 13.2. The van der Waals surface area contributed by atoms with Crippen LogP contribution in [0.4, 0.5) is 0 Å². The van der Waals surface area contributed by atoms with Crippen molar-refractivity contribution in [1.29, 1.82) is 0 Å². The summed E-state index contributed by atoms with van der Waals surface area (Å²) >= 11 is 0. The lowest BCUT2D eigenvalue weighted by molar-refractivity contribution is 0.0486. The van der Waals surface area contributed by atoms with E-state index < -0.39 is 5.97 Å². The molecule has 154 valence electrons. The van der Waals surface area contributed by atoms with Crippen LogP contribution in [-0.4, -0.2) is 12.6 Å². The number of carbonyl (C=O) groups is 1. The maximum Gasteiger partial charge on any atom is 0.374 e. The Hall–Kier alpha value is -3.74. The smallest absolute Gasteiger partial charge is 0.374 e. The second-order valence-electron chi connectivity index (χ2n) is 6.77. The second kappa shape index (κ2) is 7.94. The fourth-order valence-corrected chi connectivity index (χ4v) is 3.05. The van der Waals surface area contributed by atoms with E-state index in [1.54, 1.807) is 31.2 Å². The Balaban J connectivity index is 1.73. The molecule has 0 fully saturated rings. The quantitative estimate of drug-likeness (QED) is 0.414. The van der Waals surface area contributed by atoms with E-state index in [0.717, 1.165) is 11.1 Å². The summed E-state index contributed by atoms with van der Waals surface area (Å²) in [5, 5.41) is 0.412. The SMILES string of the molecule is CCOC(=O)c1ccc(COc2c(-c3ccco3)oc3cc(C)c(C)cc3c2=O)o1. The van der Waals surface area contributed by atoms with Crippen LogP contribution in [0.3, 0.4) is 0 Å². The first-order valence-electron chi connectivity index (χ1n) is 9.48. The number of fused-ring (bicyclic) bond motifs is 1. The van der Waals surface area contributed by atoms with E-state index in [1.165, 1.54) is 12.3 Å². The monoisotopic (exact) mass is 408 g/mol. The zero-order chi connectivity index (χ0) is 21.3. The molecular formula is C23H20O7. The predicted molar refractivity (Wildman–Crippen MR) is 109 cm³/mol. The zero-order valence-corrected chi connectivity index (χ0v) is 16.8. The van der Waals surface area contributed by atoms with E-state index in [9.17, 15) is 9.59 Å². The van der Waals surface area contributed by atoms with Crippen LogP contribution in [0.1, 0.15) is 34.4 Å². The van der Waals surface area contributed by atoms with Crippen LogP contribution >= 0.6 is 0 Å². The molecule has 0 spiro atoms. The van der Waals surface area contributed by atoms with Gasteiger partial charge in [-0.2, -0.15) is 0 Å². The van der Waals surface area contributed by atoms with Gasteiger partial charge in [-0.1, -0.05) is 0 Å². The Morgan fingerprint density at radius 1 is 1.07 bits per heavy atom. The Morgan fingerprint density at radius 3 is 2.60 bits per heavy atom. The summed E-state index contributed by atoms with van der Waals surface area (Å²) in [7, 11) is 0. The topological polar surface area (TPSA) is 92.0 Å². The number of carbonyl (C=O) groups excluding carboxylic acids is 1. The largest absolute Gasteiger partial charge is 0.478 e. The first kappa shape index (κ1) is 19.6. The van der Waals surface area contributed by atoms with Crippen molar-refractivity contribution in [3.63, 3.8) is 0 Å². The molecule has 0 atom stereocenters. The summed E-state index contributed by atoms with van der Waals surface area (Å²) in [4.78, 5) is 25.0. The molecule has 4 aromatic rings. The number of esters is 1. The van der Waals surface area contributed by atoms with Crippen molar-refractivity contribution in [3.05, 3.63) is 75.5 Å². The molecule has 7 nitrogen and oxygen atoms in total. The lowest BCUT2D eigenvalue weighted by Gasteiger charge is -2.10. The van der Waals surface area contributed by atoms with Gasteiger partial charge in [-0.25, -0.2) is 4.79 Å². The van der Waals surface area contributed by atoms with E-state index in [-0.39, 0.29) is 35.9 Å². The van der Waals surface area contributed by atoms with Gasteiger partial charge in [0.05, 0.1) is 18.3 Å². The highest BCUT2D eigenvalue weighted by Crippen LogP contribution is 2.32. The van der Waals surface area contributed by atoms with Crippen LogP contribution in [0.25, 0.3) is 22.5 Å². The minimum absolute atomic E-state index is 0.00906. The van der Waals surface area contributed by atoms with Crippen molar-refractivity contribution in [1.82, 2.24) is 0 Å². The molecular weight excluding hydrogens is 388 g/mol. The molecule has 4 rings (SSSR count). The van der Waals surface area contributed by atoms with Gasteiger partial charge in [0.2, 0.25) is 22.7 Å². The number of hydrogen-bond acceptors (Lipinski definition) is 7. The Morgan fingerprint density at radius 2 is 1.87 bits per heavy atom. The van der Waals surface area contributed by atoms with Gasteiger partial charge in [-0.3, -0.25) is 4.79 Å². The third kappa shape index (κ3) is 3.61. The van der Waals surface area contributed by atoms with Crippen molar-refractivity contribution in [2.45, 2.75) is 27.4 Å². The molecule has 3 heterocycles. The van der Waals surface area contributed by atoms with Crippen molar-refractivity contribution in [2.75, 3.05) is 6.61 Å². The number of furan rings is 2. The first-order valence-corrected chi connectivity index (χ1v) is 9.48. The van der Waals surface area contributed by atoms with Gasteiger partial charge in [0.25, 0.3) is 0 Å². The number of ether oxygens (including phenoxy) is 2. The van der Waals surface area contributed by atoms with Crippen molar-refractivity contribution >= 4 is 16.9 Å². The molecule has 0 aliphatic rings. The van der Waals surface area contributed by atoms with Crippen LogP contribution in [-0.2, 0) is 11.3 Å². The molecule has 0 aliphatic heterocycles. The van der Waals surface area contributed by atoms with Crippen LogP contribution in [0.5, 0.6) is 5.75 Å². The van der Waals surface area contributed by atoms with Gasteiger partial charge in [0.1, 0.15) is 18.0 Å². The third-order valence-corrected chi connectivity index (χ3v) is 4.71. The molecule has 0 N–H and O–H groups in total. The van der Waals surface area contributed by atoms with Crippen molar-refractivity contribution in [3.8, 4) is 17.3 Å². The van der Waals surface area contributed by atoms with Gasteiger partial charge >= 0.3 is 5.97 Å². The molecule has 3 aromatic heterocycles. The van der Waals surface area contributed by atoms with Crippen LogP contribution in [0, 0.1) is 13.8 Å². The zero-order valence-electron chi connectivity index (χ0n) is 16.8. The van der Waals surface area contributed by atoms with Gasteiger partial charge in [0, 0.05) is 0 Å². The summed E-state index contributed by atoms with van der Waals surface area (Å²) < 4.78 is 27.6. The molecule has 1 aromatic carbocycles. The highest BCUT2D eigenvalue weighted by atomic mass is 16.5. The van der Waals surface area contributed by atoms with Crippen LogP contribution < -0.4 is 10.2 Å². The predicted octanol–water partition coefficient (Wildman–Crippen LogP) is 5.02. The molecule has 0 saturated carbocycles. The Labute approximate surface area is 171 Å². The van der Waals surface area contributed by atoms with Gasteiger partial charge in [-0.15, -0.1) is 0 Å². The highest BCUT2D eigenvalue weighted by molar-refractivity contribution is 5.86. The summed E-state index contributed by atoms with van der Waals surface area (Å²) in [6.07, 6.45) is 1.49. The number of aryl methyl sites for hydroxylation is 2. The Bertz CT molecular complexity index is 1260. The second-order valence-corrected chi connectivity index (χ2v) is 6.77. The highest BCUT2D eigenvalue weighted by Gasteiger charge is 2.21. The summed E-state index contributed by atoms with van der Waals surface area (Å²) in [6, 6.07) is 10.1. The van der Waals surface area contributed by atoms with Gasteiger partial charge in [0.15, 0.2) is 5.76 Å². The van der Waals surface area contributed by atoms with E-state index >= 15 is 0 Å². The van der Waals surface area contributed by atoms with E-state index in [0.29, 0.717) is 22.5 Å². The summed E-state index contributed by atoms with van der Waals surface area (Å²) in [5.41, 5.74) is 2.11. The molecule has 7 heteroatoms. The van der Waals surface area contributed by atoms with Crippen LogP contribution in [0.15, 0.2) is 60.7 Å². The first-order chi connectivity index (χ1) is 14.5. The fourth-order valence-electron chi connectivity index (χ4n) is 3.05. The molecule has 0 unspecified atom stereocenters. The number of hydrogen-bond donors (Lipinski definition) is 0. The number of benzene rings is 1. The lowest BCUT2D eigenvalue weighted by atomic mass is 10.1. The molecule has 0 saturated heterocycles. The van der Waals surface area contributed by atoms with E-state index in [2.05, 4.69) is 0 Å². The minimum Gasteiger partial charge on any atom is -0.478 e. The lowest BCUT2D eigenvalue weighted by Crippen LogP contribution is -2.10. The summed E-state index contributed by atoms with van der Waals surface area (Å²) in [6.45, 7) is 5.76. The summed E-state index contributed by atoms with van der Waals surface area (Å²) in [5.74, 6) is 0.444. The number of rotatable bonds is 6. The third-order valence-electron chi connectivity index (χ3n) is 4.71. The molecule has 0 bridgehead atoms. The normalized spacial score (nSPS) is 11.0. The van der Waals surface area contributed by atoms with Gasteiger partial charge in [-0.05, 0) is 68.3 Å². The molecule has 0 amide bonds. The maximum atomic E-state index is 13.2. The van der Waals surface area contributed by atoms with Crippen LogP contribution in [0.2, 0.25) is 0 Å². The van der Waals surface area contributed by atoms with Gasteiger partial charge < -0.3 is 22.7 Å². The van der Waals surface area contributed by atoms with E-state index in [1.807, 2.05) is 19.9 Å². The average Bonchev–Trinajstić information content (AvgIpc) is 3.41. The van der Waals surface area contributed by atoms with Crippen molar-refractivity contribution < 1.29 is 27.5 Å². The fraction of sp³-hybridized carbons (Fsp3) is 0.217. The Kier molecular flexibility index (Phi) is 5.18. The molecule has 0 radical (unpaired) electrons. The van der Waals surface area contributed by atoms with E-state index in [4.69, 9.17) is 22.7 Å². The molecule has 0 aliphatic carbocycles. The minimum atomic E-state index is -0.559. The molecule has 30 heavy (non-hydrogen) atoms. The average molecular weight is 408 g/mol.